The van der Waals surface area contributed by atoms with Gasteiger partial charge in [-0.3, -0.25) is 14.6 Å². The first-order valence-electron chi connectivity index (χ1n) is 10.3. The number of rotatable bonds is 6. The summed E-state index contributed by atoms with van der Waals surface area (Å²) in [7, 11) is 0. The second-order valence-electron chi connectivity index (χ2n) is 8.10. The van der Waals surface area contributed by atoms with Gasteiger partial charge in [0, 0.05) is 62.6 Å². The Bertz CT molecular complexity index is 622. The first kappa shape index (κ1) is 21.0. The number of likely N-dealkylation sites (tertiary alicyclic amines) is 1. The summed E-state index contributed by atoms with van der Waals surface area (Å²) < 4.78 is 24.9. The predicted molar refractivity (Wildman–Crippen MR) is 108 cm³/mol. The lowest BCUT2D eigenvalue weighted by atomic mass is 10.0. The zero-order valence-electron chi connectivity index (χ0n) is 16.9. The molecule has 28 heavy (non-hydrogen) atoms. The average molecular weight is 395 g/mol. The maximum absolute atomic E-state index is 12.5. The Hall–Kier alpha value is -1.73. The van der Waals surface area contributed by atoms with Gasteiger partial charge in [-0.25, -0.2) is 8.78 Å². The summed E-state index contributed by atoms with van der Waals surface area (Å²) in [6.07, 6.45) is -0.856. The number of nitrogens with zero attached hydrogens (tertiary/aromatic N) is 3. The van der Waals surface area contributed by atoms with Crippen molar-refractivity contribution in [3.8, 4) is 0 Å². The molecule has 1 aromatic carbocycles. The summed E-state index contributed by atoms with van der Waals surface area (Å²) in [4.78, 5) is 19.1. The largest absolute Gasteiger partial charge is 0.369 e. The van der Waals surface area contributed by atoms with Crippen molar-refractivity contribution in [2.75, 3.05) is 50.7 Å². The van der Waals surface area contributed by atoms with E-state index in [1.165, 1.54) is 0 Å². The van der Waals surface area contributed by atoms with E-state index in [2.05, 4.69) is 29.0 Å². The molecule has 2 aliphatic rings. The SMILES string of the molecule is CC(C)N1CCN(c2ccc(C(=O)NC3CCN(CC(F)F)CC3)cc2)CC1. The number of amides is 1. The van der Waals surface area contributed by atoms with Crippen molar-refractivity contribution in [2.45, 2.75) is 45.2 Å². The zero-order chi connectivity index (χ0) is 20.1. The molecule has 7 heteroatoms. The number of carbonyl (C=O) groups is 1. The van der Waals surface area contributed by atoms with Crippen LogP contribution in [0.1, 0.15) is 37.0 Å². The van der Waals surface area contributed by atoms with Crippen LogP contribution in [0.5, 0.6) is 0 Å². The number of benzene rings is 1. The smallest absolute Gasteiger partial charge is 0.251 e. The van der Waals surface area contributed by atoms with Gasteiger partial charge in [0.2, 0.25) is 0 Å². The maximum atomic E-state index is 12.5. The minimum Gasteiger partial charge on any atom is -0.369 e. The standard InChI is InChI=1S/C21H32F2N4O/c1-16(2)26-11-13-27(14-12-26)19-5-3-17(4-6-19)21(28)24-18-7-9-25(10-8-18)15-20(22)23/h3-6,16,18,20H,7-15H2,1-2H3,(H,24,28). The van der Waals surface area contributed by atoms with E-state index in [1.54, 1.807) is 4.90 Å². The molecule has 2 aliphatic heterocycles. The summed E-state index contributed by atoms with van der Waals surface area (Å²) in [5.74, 6) is -0.0801. The topological polar surface area (TPSA) is 38.8 Å². The highest BCUT2D eigenvalue weighted by Gasteiger charge is 2.23. The number of piperidine rings is 1. The Labute approximate surface area is 166 Å². The summed E-state index contributed by atoms with van der Waals surface area (Å²) in [5.41, 5.74) is 1.81. The maximum Gasteiger partial charge on any atom is 0.251 e. The summed E-state index contributed by atoms with van der Waals surface area (Å²) in [6, 6.07) is 8.44. The molecule has 3 rings (SSSR count). The molecule has 0 unspecified atom stereocenters. The first-order chi connectivity index (χ1) is 13.4. The average Bonchev–Trinajstić information content (AvgIpc) is 2.69. The van der Waals surface area contributed by atoms with Gasteiger partial charge in [-0.1, -0.05) is 0 Å². The zero-order valence-corrected chi connectivity index (χ0v) is 16.9. The van der Waals surface area contributed by atoms with E-state index in [0.29, 0.717) is 24.7 Å². The fraction of sp³-hybridized carbons (Fsp3) is 0.667. The Balaban J connectivity index is 1.47. The van der Waals surface area contributed by atoms with Crippen LogP contribution in [-0.2, 0) is 0 Å². The van der Waals surface area contributed by atoms with Gasteiger partial charge in [0.1, 0.15) is 0 Å². The van der Waals surface area contributed by atoms with E-state index in [0.717, 1.165) is 44.7 Å². The van der Waals surface area contributed by atoms with Crippen LogP contribution in [0.2, 0.25) is 0 Å². The summed E-state index contributed by atoms with van der Waals surface area (Å²) >= 11 is 0. The van der Waals surface area contributed by atoms with Crippen LogP contribution in [0, 0.1) is 0 Å². The first-order valence-corrected chi connectivity index (χ1v) is 10.3. The van der Waals surface area contributed by atoms with Crippen LogP contribution >= 0.6 is 0 Å². The number of halogens is 2. The minimum absolute atomic E-state index is 0.0604. The number of hydrogen-bond donors (Lipinski definition) is 1. The van der Waals surface area contributed by atoms with Gasteiger partial charge in [0.25, 0.3) is 12.3 Å². The molecule has 0 aromatic heterocycles. The lowest BCUT2D eigenvalue weighted by Crippen LogP contribution is -2.48. The molecule has 2 fully saturated rings. The second kappa shape index (κ2) is 9.65. The molecular weight excluding hydrogens is 362 g/mol. The van der Waals surface area contributed by atoms with Crippen LogP contribution in [0.15, 0.2) is 24.3 Å². The Morgan fingerprint density at radius 3 is 2.18 bits per heavy atom. The highest BCUT2D eigenvalue weighted by molar-refractivity contribution is 5.94. The molecule has 0 radical (unpaired) electrons. The van der Waals surface area contributed by atoms with Gasteiger partial charge in [0.05, 0.1) is 6.54 Å². The third-order valence-corrected chi connectivity index (χ3v) is 5.86. The molecule has 2 saturated heterocycles. The van der Waals surface area contributed by atoms with Crippen LogP contribution in [0.25, 0.3) is 0 Å². The highest BCUT2D eigenvalue weighted by atomic mass is 19.3. The van der Waals surface area contributed by atoms with Gasteiger partial charge in [-0.2, -0.15) is 0 Å². The Morgan fingerprint density at radius 2 is 1.64 bits per heavy atom. The number of piperazine rings is 1. The molecule has 2 heterocycles. The molecule has 1 N–H and O–H groups in total. The van der Waals surface area contributed by atoms with Crippen molar-refractivity contribution in [3.63, 3.8) is 0 Å². The number of anilines is 1. The number of nitrogens with one attached hydrogen (secondary N) is 1. The summed E-state index contributed by atoms with van der Waals surface area (Å²) in [6.45, 7) is 9.62. The van der Waals surface area contributed by atoms with E-state index < -0.39 is 6.43 Å². The third-order valence-electron chi connectivity index (χ3n) is 5.86. The van der Waals surface area contributed by atoms with Crippen LogP contribution in [0.4, 0.5) is 14.5 Å². The molecular formula is C21H32F2N4O. The lowest BCUT2D eigenvalue weighted by Gasteiger charge is -2.38. The molecule has 0 spiro atoms. The van der Waals surface area contributed by atoms with Crippen molar-refractivity contribution < 1.29 is 13.6 Å². The lowest BCUT2D eigenvalue weighted by molar-refractivity contribution is 0.0696. The van der Waals surface area contributed by atoms with Crippen molar-refractivity contribution in [2.24, 2.45) is 0 Å². The van der Waals surface area contributed by atoms with Gasteiger partial charge < -0.3 is 10.2 Å². The molecule has 1 aromatic rings. The van der Waals surface area contributed by atoms with Crippen molar-refractivity contribution in [1.29, 1.82) is 0 Å². The quantitative estimate of drug-likeness (QED) is 0.805. The van der Waals surface area contributed by atoms with Crippen molar-refractivity contribution in [1.82, 2.24) is 15.1 Å². The van der Waals surface area contributed by atoms with Gasteiger partial charge >= 0.3 is 0 Å². The summed E-state index contributed by atoms with van der Waals surface area (Å²) in [5, 5.41) is 3.05. The van der Waals surface area contributed by atoms with Gasteiger partial charge in [0.15, 0.2) is 0 Å². The fourth-order valence-electron chi connectivity index (χ4n) is 4.04. The molecule has 0 atom stereocenters. The Kier molecular flexibility index (Phi) is 7.24. The molecule has 156 valence electrons. The number of carbonyl (C=O) groups excluding carboxylic acids is 1. The number of alkyl halides is 2. The van der Waals surface area contributed by atoms with E-state index in [9.17, 15) is 13.6 Å². The normalized spacial score (nSPS) is 20.1. The predicted octanol–water partition coefficient (Wildman–Crippen LogP) is 2.68. The fourth-order valence-corrected chi connectivity index (χ4v) is 4.04. The number of hydrogen-bond acceptors (Lipinski definition) is 4. The third kappa shape index (κ3) is 5.64. The van der Waals surface area contributed by atoms with E-state index in [1.807, 2.05) is 24.3 Å². The van der Waals surface area contributed by atoms with Crippen molar-refractivity contribution in [3.05, 3.63) is 29.8 Å². The molecule has 1 amide bonds. The van der Waals surface area contributed by atoms with Crippen LogP contribution in [0.3, 0.4) is 0 Å². The molecule has 0 bridgehead atoms. The van der Waals surface area contributed by atoms with Crippen LogP contribution < -0.4 is 10.2 Å². The van der Waals surface area contributed by atoms with Gasteiger partial charge in [-0.15, -0.1) is 0 Å². The van der Waals surface area contributed by atoms with Gasteiger partial charge in [-0.05, 0) is 51.0 Å². The van der Waals surface area contributed by atoms with E-state index >= 15 is 0 Å². The highest BCUT2D eigenvalue weighted by Crippen LogP contribution is 2.19. The Morgan fingerprint density at radius 1 is 1.04 bits per heavy atom. The van der Waals surface area contributed by atoms with Crippen LogP contribution in [-0.4, -0.2) is 80.0 Å². The van der Waals surface area contributed by atoms with Crippen molar-refractivity contribution >= 4 is 11.6 Å². The molecule has 5 nitrogen and oxygen atoms in total. The molecule has 0 aliphatic carbocycles. The second-order valence-corrected chi connectivity index (χ2v) is 8.10. The van der Waals surface area contributed by atoms with E-state index in [4.69, 9.17) is 0 Å². The molecule has 0 saturated carbocycles. The van der Waals surface area contributed by atoms with E-state index in [-0.39, 0.29) is 18.5 Å². The minimum atomic E-state index is -2.29. The monoisotopic (exact) mass is 394 g/mol.